The molecule has 2 amide bonds. The number of β-lactam (4-membered cyclic amide) rings is 1. The van der Waals surface area contributed by atoms with E-state index in [0.717, 1.165) is 15.6 Å². The number of carbonyl (C=O) groups excluding carboxylic acids is 2. The monoisotopic (exact) mass is 429 g/mol. The van der Waals surface area contributed by atoms with E-state index in [4.69, 9.17) is 4.74 Å². The molecule has 1 heterocycles. The van der Waals surface area contributed by atoms with Crippen molar-refractivity contribution in [1.82, 2.24) is 4.90 Å². The van der Waals surface area contributed by atoms with Crippen molar-refractivity contribution in [3.8, 4) is 0 Å². The SMILES string of the molecule is CC[C@@]1(c2ccccc2)C(=O)N(C(=O)OC(C)(C)C)[C@@H]1c1ccccc1Br. The molecule has 1 fully saturated rings. The molecule has 0 bridgehead atoms. The van der Waals surface area contributed by atoms with Crippen molar-refractivity contribution in [2.75, 3.05) is 0 Å². The zero-order valence-electron chi connectivity index (χ0n) is 16.0. The van der Waals surface area contributed by atoms with Crippen LogP contribution in [0.1, 0.15) is 51.3 Å². The Bertz CT molecular complexity index is 859. The third-order valence-corrected chi connectivity index (χ3v) is 5.68. The molecule has 2 aromatic rings. The highest BCUT2D eigenvalue weighted by atomic mass is 79.9. The summed E-state index contributed by atoms with van der Waals surface area (Å²) >= 11 is 3.59. The molecule has 4 nitrogen and oxygen atoms in total. The minimum Gasteiger partial charge on any atom is -0.443 e. The van der Waals surface area contributed by atoms with Gasteiger partial charge in [0.2, 0.25) is 5.91 Å². The van der Waals surface area contributed by atoms with Crippen LogP contribution in [-0.4, -0.2) is 22.5 Å². The van der Waals surface area contributed by atoms with Crippen LogP contribution in [-0.2, 0) is 14.9 Å². The van der Waals surface area contributed by atoms with Crippen LogP contribution in [0.3, 0.4) is 0 Å². The summed E-state index contributed by atoms with van der Waals surface area (Å²) in [7, 11) is 0. The number of nitrogens with zero attached hydrogens (tertiary/aromatic N) is 1. The molecule has 0 spiro atoms. The van der Waals surface area contributed by atoms with Crippen LogP contribution < -0.4 is 0 Å². The van der Waals surface area contributed by atoms with Crippen LogP contribution in [0.15, 0.2) is 59.1 Å². The lowest BCUT2D eigenvalue weighted by Crippen LogP contribution is -2.68. The Morgan fingerprint density at radius 3 is 2.26 bits per heavy atom. The maximum Gasteiger partial charge on any atom is 0.417 e. The van der Waals surface area contributed by atoms with Crippen molar-refractivity contribution < 1.29 is 14.3 Å². The molecule has 142 valence electrons. The summed E-state index contributed by atoms with van der Waals surface area (Å²) in [6, 6.07) is 17.0. The molecular weight excluding hydrogens is 406 g/mol. The third kappa shape index (κ3) is 3.29. The smallest absolute Gasteiger partial charge is 0.417 e. The van der Waals surface area contributed by atoms with Gasteiger partial charge in [-0.15, -0.1) is 0 Å². The van der Waals surface area contributed by atoms with E-state index in [1.54, 1.807) is 20.8 Å². The summed E-state index contributed by atoms with van der Waals surface area (Å²) in [5.41, 5.74) is 0.349. The normalized spacial score (nSPS) is 22.3. The van der Waals surface area contributed by atoms with Gasteiger partial charge in [-0.05, 0) is 44.4 Å². The van der Waals surface area contributed by atoms with Gasteiger partial charge in [0.15, 0.2) is 0 Å². The van der Waals surface area contributed by atoms with E-state index in [-0.39, 0.29) is 5.91 Å². The lowest BCUT2D eigenvalue weighted by atomic mass is 9.62. The number of benzene rings is 2. The first kappa shape index (κ1) is 19.6. The molecule has 1 aliphatic rings. The second-order valence-electron chi connectivity index (χ2n) is 7.77. The third-order valence-electron chi connectivity index (χ3n) is 4.96. The number of ether oxygens (including phenoxy) is 1. The van der Waals surface area contributed by atoms with Gasteiger partial charge in [0.1, 0.15) is 5.60 Å². The summed E-state index contributed by atoms with van der Waals surface area (Å²) in [6.45, 7) is 7.38. The summed E-state index contributed by atoms with van der Waals surface area (Å²) < 4.78 is 6.39. The predicted molar refractivity (Wildman–Crippen MR) is 108 cm³/mol. The fourth-order valence-corrected chi connectivity index (χ4v) is 4.27. The summed E-state index contributed by atoms with van der Waals surface area (Å²) in [6.07, 6.45) is -0.0190. The molecule has 27 heavy (non-hydrogen) atoms. The molecule has 2 atom stereocenters. The average Bonchev–Trinajstić information content (AvgIpc) is 2.60. The van der Waals surface area contributed by atoms with E-state index in [1.165, 1.54) is 4.90 Å². The Morgan fingerprint density at radius 1 is 1.11 bits per heavy atom. The number of hydrogen-bond acceptors (Lipinski definition) is 3. The number of amides is 2. The van der Waals surface area contributed by atoms with Crippen LogP contribution >= 0.6 is 15.9 Å². The first-order chi connectivity index (χ1) is 12.7. The van der Waals surface area contributed by atoms with Gasteiger partial charge in [0.25, 0.3) is 0 Å². The highest BCUT2D eigenvalue weighted by molar-refractivity contribution is 9.10. The van der Waals surface area contributed by atoms with Gasteiger partial charge >= 0.3 is 6.09 Å². The topological polar surface area (TPSA) is 46.6 Å². The van der Waals surface area contributed by atoms with E-state index in [1.807, 2.05) is 61.5 Å². The summed E-state index contributed by atoms with van der Waals surface area (Å²) in [5.74, 6) is -0.216. The van der Waals surface area contributed by atoms with E-state index in [2.05, 4.69) is 15.9 Å². The Balaban J connectivity index is 2.13. The highest BCUT2D eigenvalue weighted by Crippen LogP contribution is 2.55. The van der Waals surface area contributed by atoms with Gasteiger partial charge in [-0.2, -0.15) is 0 Å². The quantitative estimate of drug-likeness (QED) is 0.595. The first-order valence-electron chi connectivity index (χ1n) is 9.09. The van der Waals surface area contributed by atoms with Gasteiger partial charge < -0.3 is 4.74 Å². The second-order valence-corrected chi connectivity index (χ2v) is 8.62. The fourth-order valence-electron chi connectivity index (χ4n) is 3.77. The maximum atomic E-state index is 13.3. The molecule has 0 N–H and O–H groups in total. The van der Waals surface area contributed by atoms with Gasteiger partial charge in [-0.25, -0.2) is 9.69 Å². The minimum atomic E-state index is -0.790. The number of carbonyl (C=O) groups is 2. The number of likely N-dealkylation sites (tertiary alicyclic amines) is 1. The van der Waals surface area contributed by atoms with E-state index in [9.17, 15) is 9.59 Å². The average molecular weight is 430 g/mol. The summed E-state index contributed by atoms with van der Waals surface area (Å²) in [4.78, 5) is 27.5. The van der Waals surface area contributed by atoms with Crippen LogP contribution in [0.25, 0.3) is 0 Å². The number of rotatable bonds is 3. The van der Waals surface area contributed by atoms with Crippen LogP contribution in [0.4, 0.5) is 4.79 Å². The van der Waals surface area contributed by atoms with Gasteiger partial charge in [0, 0.05) is 4.47 Å². The molecule has 0 radical (unpaired) electrons. The van der Waals surface area contributed by atoms with Crippen molar-refractivity contribution in [3.63, 3.8) is 0 Å². The van der Waals surface area contributed by atoms with E-state index < -0.39 is 23.2 Å². The Kier molecular flexibility index (Phi) is 5.17. The highest BCUT2D eigenvalue weighted by Gasteiger charge is 2.64. The molecule has 3 rings (SSSR count). The Hall–Kier alpha value is -2.14. The molecule has 0 aromatic heterocycles. The lowest BCUT2D eigenvalue weighted by Gasteiger charge is -2.55. The Labute approximate surface area is 168 Å². The van der Waals surface area contributed by atoms with Crippen molar-refractivity contribution in [3.05, 3.63) is 70.2 Å². The molecule has 0 aliphatic carbocycles. The van der Waals surface area contributed by atoms with Gasteiger partial charge in [0.05, 0.1) is 11.5 Å². The molecule has 0 unspecified atom stereocenters. The molecule has 1 aliphatic heterocycles. The van der Waals surface area contributed by atoms with Crippen LogP contribution in [0.2, 0.25) is 0 Å². The summed E-state index contributed by atoms with van der Waals surface area (Å²) in [5, 5.41) is 0. The van der Waals surface area contributed by atoms with Crippen LogP contribution in [0.5, 0.6) is 0 Å². The van der Waals surface area contributed by atoms with E-state index in [0.29, 0.717) is 6.42 Å². The van der Waals surface area contributed by atoms with Crippen molar-refractivity contribution in [2.45, 2.75) is 51.2 Å². The van der Waals surface area contributed by atoms with E-state index >= 15 is 0 Å². The Morgan fingerprint density at radius 2 is 1.70 bits per heavy atom. The number of halogens is 1. The predicted octanol–water partition coefficient (Wildman–Crippen LogP) is 5.62. The molecule has 5 heteroatoms. The number of imide groups is 1. The standard InChI is InChI=1S/C22H24BrNO3/c1-5-22(15-11-7-6-8-12-15)18(16-13-9-10-14-17(16)23)24(19(22)25)20(26)27-21(2,3)4/h6-14,18H,5H2,1-4H3/t18-,22+/m1/s1. The maximum absolute atomic E-state index is 13.3. The lowest BCUT2D eigenvalue weighted by molar-refractivity contribution is -0.159. The molecular formula is C22H24BrNO3. The number of hydrogen-bond donors (Lipinski definition) is 0. The first-order valence-corrected chi connectivity index (χ1v) is 9.88. The molecule has 0 saturated carbocycles. The minimum absolute atomic E-state index is 0.216. The molecule has 2 aromatic carbocycles. The van der Waals surface area contributed by atoms with Gasteiger partial charge in [-0.3, -0.25) is 4.79 Å². The second kappa shape index (κ2) is 7.12. The van der Waals surface area contributed by atoms with Crippen molar-refractivity contribution >= 4 is 27.9 Å². The van der Waals surface area contributed by atoms with Crippen LogP contribution in [0, 0.1) is 0 Å². The zero-order chi connectivity index (χ0) is 19.8. The van der Waals surface area contributed by atoms with Crippen molar-refractivity contribution in [1.29, 1.82) is 0 Å². The molecule has 1 saturated heterocycles. The zero-order valence-corrected chi connectivity index (χ0v) is 17.6. The van der Waals surface area contributed by atoms with Crippen molar-refractivity contribution in [2.24, 2.45) is 0 Å². The fraction of sp³-hybridized carbons (Fsp3) is 0.364. The van der Waals surface area contributed by atoms with Gasteiger partial charge in [-0.1, -0.05) is 71.4 Å². The largest absolute Gasteiger partial charge is 0.443 e.